The van der Waals surface area contributed by atoms with Gasteiger partial charge in [-0.05, 0) is 43.2 Å². The van der Waals surface area contributed by atoms with E-state index < -0.39 is 15.9 Å². The zero-order valence-corrected chi connectivity index (χ0v) is 17.5. The Balaban J connectivity index is 1.81. The summed E-state index contributed by atoms with van der Waals surface area (Å²) in [5.41, 5.74) is 0.854. The van der Waals surface area contributed by atoms with Crippen molar-refractivity contribution in [2.75, 3.05) is 25.0 Å². The van der Waals surface area contributed by atoms with Crippen molar-refractivity contribution in [3.05, 3.63) is 72.3 Å². The number of benzene rings is 2. The summed E-state index contributed by atoms with van der Waals surface area (Å²) in [6.07, 6.45) is 4.26. The zero-order valence-electron chi connectivity index (χ0n) is 16.6. The number of anilines is 1. The van der Waals surface area contributed by atoms with Gasteiger partial charge in [0, 0.05) is 25.2 Å². The van der Waals surface area contributed by atoms with Gasteiger partial charge in [0.25, 0.3) is 11.8 Å². The number of carbonyl (C=O) groups is 2. The van der Waals surface area contributed by atoms with Crippen LogP contribution in [-0.4, -0.2) is 44.2 Å². The van der Waals surface area contributed by atoms with Crippen LogP contribution in [0, 0.1) is 0 Å². The second-order valence-corrected chi connectivity index (χ2v) is 8.93. The van der Waals surface area contributed by atoms with Gasteiger partial charge in [0.05, 0.1) is 16.1 Å². The van der Waals surface area contributed by atoms with Crippen molar-refractivity contribution in [3.8, 4) is 0 Å². The van der Waals surface area contributed by atoms with Crippen molar-refractivity contribution in [2.24, 2.45) is 0 Å². The van der Waals surface area contributed by atoms with E-state index in [-0.39, 0.29) is 16.4 Å². The van der Waals surface area contributed by atoms with Crippen LogP contribution in [-0.2, 0) is 10.0 Å². The third-order valence-corrected chi connectivity index (χ3v) is 6.77. The number of nitrogens with zero attached hydrogens (tertiary/aromatic N) is 1. The molecule has 0 radical (unpaired) electrons. The number of rotatable bonds is 7. The molecule has 0 aliphatic carbocycles. The fourth-order valence-electron chi connectivity index (χ4n) is 3.30. The molecular weight excluding hydrogens is 402 g/mol. The second kappa shape index (κ2) is 9.69. The topological polar surface area (TPSA) is 95.6 Å². The van der Waals surface area contributed by atoms with E-state index in [1.54, 1.807) is 42.5 Å². The molecule has 1 saturated heterocycles. The monoisotopic (exact) mass is 427 g/mol. The van der Waals surface area contributed by atoms with Crippen LogP contribution >= 0.6 is 0 Å². The maximum Gasteiger partial charge on any atom is 0.255 e. The third-order valence-electron chi connectivity index (χ3n) is 4.88. The van der Waals surface area contributed by atoms with Crippen LogP contribution < -0.4 is 10.6 Å². The normalized spacial score (nSPS) is 14.7. The number of piperidine rings is 1. The van der Waals surface area contributed by atoms with E-state index in [0.29, 0.717) is 30.9 Å². The predicted molar refractivity (Wildman–Crippen MR) is 116 cm³/mol. The molecule has 2 aromatic rings. The molecule has 0 aromatic heterocycles. The first kappa shape index (κ1) is 21.7. The van der Waals surface area contributed by atoms with Gasteiger partial charge in [0.2, 0.25) is 10.0 Å². The van der Waals surface area contributed by atoms with Gasteiger partial charge in [-0.2, -0.15) is 4.31 Å². The fraction of sp³-hybridized carbons (Fsp3) is 0.273. The molecule has 0 saturated carbocycles. The number of amides is 2. The summed E-state index contributed by atoms with van der Waals surface area (Å²) in [5, 5.41) is 5.38. The Hall–Kier alpha value is -2.97. The molecule has 30 heavy (non-hydrogen) atoms. The molecule has 1 fully saturated rings. The largest absolute Gasteiger partial charge is 0.349 e. The summed E-state index contributed by atoms with van der Waals surface area (Å²) < 4.78 is 27.3. The lowest BCUT2D eigenvalue weighted by Gasteiger charge is -2.26. The van der Waals surface area contributed by atoms with Crippen molar-refractivity contribution in [3.63, 3.8) is 0 Å². The molecule has 0 unspecified atom stereocenters. The van der Waals surface area contributed by atoms with E-state index in [4.69, 9.17) is 0 Å². The van der Waals surface area contributed by atoms with Crippen LogP contribution in [0.4, 0.5) is 5.69 Å². The van der Waals surface area contributed by atoms with Crippen LogP contribution in [0.25, 0.3) is 0 Å². The number of sulfonamides is 1. The summed E-state index contributed by atoms with van der Waals surface area (Å²) >= 11 is 0. The minimum absolute atomic E-state index is 0.0917. The summed E-state index contributed by atoms with van der Waals surface area (Å²) in [6, 6.07) is 12.6. The van der Waals surface area contributed by atoms with Crippen LogP contribution in [0.15, 0.2) is 66.1 Å². The van der Waals surface area contributed by atoms with Crippen LogP contribution in [0.3, 0.4) is 0 Å². The molecule has 158 valence electrons. The Kier molecular flexibility index (Phi) is 7.02. The van der Waals surface area contributed by atoms with E-state index in [0.717, 1.165) is 19.3 Å². The third kappa shape index (κ3) is 4.95. The molecule has 0 bridgehead atoms. The lowest BCUT2D eigenvalue weighted by Crippen LogP contribution is -2.35. The Morgan fingerprint density at radius 1 is 1.00 bits per heavy atom. The molecule has 0 atom stereocenters. The first-order valence-electron chi connectivity index (χ1n) is 9.83. The fourth-order valence-corrected chi connectivity index (χ4v) is 4.86. The van der Waals surface area contributed by atoms with Gasteiger partial charge >= 0.3 is 0 Å². The van der Waals surface area contributed by atoms with Gasteiger partial charge in [-0.1, -0.05) is 30.7 Å². The molecule has 1 aliphatic rings. The average Bonchev–Trinajstić information content (AvgIpc) is 2.78. The molecule has 2 amide bonds. The lowest BCUT2D eigenvalue weighted by molar-refractivity contribution is 0.0959. The molecular formula is C22H25N3O4S. The molecule has 2 N–H and O–H groups in total. The summed E-state index contributed by atoms with van der Waals surface area (Å²) in [4.78, 5) is 25.2. The number of carbonyl (C=O) groups excluding carboxylic acids is 2. The number of nitrogens with one attached hydrogen (secondary N) is 2. The van der Waals surface area contributed by atoms with Crippen LogP contribution in [0.2, 0.25) is 0 Å². The maximum atomic E-state index is 12.9. The summed E-state index contributed by atoms with van der Waals surface area (Å²) in [5.74, 6) is -0.832. The van der Waals surface area contributed by atoms with Gasteiger partial charge in [-0.25, -0.2) is 8.42 Å². The Morgan fingerprint density at radius 3 is 2.47 bits per heavy atom. The van der Waals surface area contributed by atoms with E-state index in [1.165, 1.54) is 16.4 Å². The maximum absolute atomic E-state index is 12.9. The van der Waals surface area contributed by atoms with Crippen molar-refractivity contribution in [1.82, 2.24) is 9.62 Å². The highest BCUT2D eigenvalue weighted by Crippen LogP contribution is 2.22. The minimum atomic E-state index is -3.64. The first-order chi connectivity index (χ1) is 14.4. The average molecular weight is 428 g/mol. The molecule has 1 heterocycles. The summed E-state index contributed by atoms with van der Waals surface area (Å²) in [6.45, 7) is 4.85. The van der Waals surface area contributed by atoms with Crippen LogP contribution in [0.1, 0.15) is 40.0 Å². The predicted octanol–water partition coefficient (Wildman–Crippen LogP) is 3.03. The van der Waals surface area contributed by atoms with E-state index in [2.05, 4.69) is 17.2 Å². The van der Waals surface area contributed by atoms with Gasteiger partial charge in [0.1, 0.15) is 0 Å². The number of para-hydroxylation sites is 1. The standard InChI is InChI=1S/C22H25N3O4S/c1-2-13-23-22(27)19-11-4-5-12-20(19)24-21(26)17-9-8-10-18(16-17)30(28,29)25-14-6-3-7-15-25/h2,4-5,8-12,16H,1,3,6-7,13-15H2,(H,23,27)(H,24,26). The van der Waals surface area contributed by atoms with Gasteiger partial charge in [-0.3, -0.25) is 9.59 Å². The molecule has 1 aliphatic heterocycles. The van der Waals surface area contributed by atoms with E-state index in [9.17, 15) is 18.0 Å². The Bertz CT molecular complexity index is 1040. The van der Waals surface area contributed by atoms with Crippen molar-refractivity contribution in [1.29, 1.82) is 0 Å². The van der Waals surface area contributed by atoms with Gasteiger partial charge in [-0.15, -0.1) is 6.58 Å². The quantitative estimate of drug-likeness (QED) is 0.664. The van der Waals surface area contributed by atoms with Gasteiger partial charge in [0.15, 0.2) is 0 Å². The highest BCUT2D eigenvalue weighted by molar-refractivity contribution is 7.89. The van der Waals surface area contributed by atoms with E-state index in [1.807, 2.05) is 0 Å². The highest BCUT2D eigenvalue weighted by Gasteiger charge is 2.26. The smallest absolute Gasteiger partial charge is 0.255 e. The number of hydrogen-bond acceptors (Lipinski definition) is 4. The number of hydrogen-bond donors (Lipinski definition) is 2. The molecule has 0 spiro atoms. The lowest BCUT2D eigenvalue weighted by atomic mass is 10.1. The molecule has 8 heteroatoms. The summed E-state index contributed by atoms with van der Waals surface area (Å²) in [7, 11) is -3.64. The zero-order chi connectivity index (χ0) is 21.6. The van der Waals surface area contributed by atoms with Crippen molar-refractivity contribution in [2.45, 2.75) is 24.2 Å². The minimum Gasteiger partial charge on any atom is -0.349 e. The Morgan fingerprint density at radius 2 is 1.73 bits per heavy atom. The van der Waals surface area contributed by atoms with E-state index >= 15 is 0 Å². The van der Waals surface area contributed by atoms with Crippen molar-refractivity contribution >= 4 is 27.5 Å². The van der Waals surface area contributed by atoms with Gasteiger partial charge < -0.3 is 10.6 Å². The second-order valence-electron chi connectivity index (χ2n) is 6.99. The highest BCUT2D eigenvalue weighted by atomic mass is 32.2. The molecule has 2 aromatic carbocycles. The van der Waals surface area contributed by atoms with Crippen molar-refractivity contribution < 1.29 is 18.0 Å². The Labute approximate surface area is 176 Å². The molecule has 3 rings (SSSR count). The molecule has 7 nitrogen and oxygen atoms in total. The first-order valence-corrected chi connectivity index (χ1v) is 11.3. The van der Waals surface area contributed by atoms with Crippen LogP contribution in [0.5, 0.6) is 0 Å². The SMILES string of the molecule is C=CCNC(=O)c1ccccc1NC(=O)c1cccc(S(=O)(=O)N2CCCCC2)c1.